The second-order valence-corrected chi connectivity index (χ2v) is 4.12. The van der Waals surface area contributed by atoms with Crippen LogP contribution in [-0.2, 0) is 38.1 Å². The molecule has 0 spiro atoms. The minimum Gasteiger partial charge on any atom is -0.469 e. The molecule has 0 aliphatic heterocycles. The maximum absolute atomic E-state index is 11.8. The predicted octanol–water partition coefficient (Wildman–Crippen LogP) is -0.967. The lowest BCUT2D eigenvalue weighted by molar-refractivity contribution is -0.159. The Morgan fingerprint density at radius 2 is 1.55 bits per heavy atom. The molecule has 0 aliphatic carbocycles. The minimum absolute atomic E-state index is 0.296. The summed E-state index contributed by atoms with van der Waals surface area (Å²) in [6, 6.07) is -1.38. The van der Waals surface area contributed by atoms with E-state index in [4.69, 9.17) is 4.74 Å². The molecule has 9 heteroatoms. The molecule has 0 rings (SSSR count). The first kappa shape index (κ1) is 19.8. The third kappa shape index (κ3) is 6.53. The van der Waals surface area contributed by atoms with E-state index in [1.807, 2.05) is 0 Å². The molecule has 0 aliphatic rings. The van der Waals surface area contributed by atoms with Crippen LogP contribution in [0.25, 0.3) is 0 Å². The second-order valence-electron chi connectivity index (χ2n) is 4.12. The Kier molecular flexibility index (Phi) is 9.51. The number of hydrogen-bond donors (Lipinski definition) is 1. The molecule has 1 N–H and O–H groups in total. The van der Waals surface area contributed by atoms with Gasteiger partial charge in [-0.15, -0.1) is 0 Å². The standard InChI is InChI=1S/C13H21NO8/c1-5-22-7-9(15)14-11(13(18)21-4)8(12(17)20-3)6-10(16)19-2/h8,11H,5-7H2,1-4H3,(H,14,15)/t8-,11-/m1/s1. The summed E-state index contributed by atoms with van der Waals surface area (Å²) < 4.78 is 18.5. The Morgan fingerprint density at radius 3 is 2.00 bits per heavy atom. The minimum atomic E-state index is -1.38. The summed E-state index contributed by atoms with van der Waals surface area (Å²) in [6.45, 7) is 1.70. The number of amides is 1. The van der Waals surface area contributed by atoms with Crippen LogP contribution in [0.5, 0.6) is 0 Å². The third-order valence-corrected chi connectivity index (χ3v) is 2.73. The monoisotopic (exact) mass is 319 g/mol. The SMILES string of the molecule is CCOCC(=O)N[C@@H](C(=O)OC)[C@@H](CC(=O)OC)C(=O)OC. The lowest BCUT2D eigenvalue weighted by atomic mass is 9.96. The van der Waals surface area contributed by atoms with Crippen LogP contribution in [-0.4, -0.2) is 64.4 Å². The van der Waals surface area contributed by atoms with E-state index in [2.05, 4.69) is 19.5 Å². The van der Waals surface area contributed by atoms with E-state index in [0.29, 0.717) is 6.61 Å². The summed E-state index contributed by atoms with van der Waals surface area (Å²) in [5.41, 5.74) is 0. The zero-order chi connectivity index (χ0) is 17.1. The maximum atomic E-state index is 11.8. The van der Waals surface area contributed by atoms with Crippen LogP contribution in [0.15, 0.2) is 0 Å². The molecule has 0 aromatic heterocycles. The number of carbonyl (C=O) groups is 4. The molecule has 0 heterocycles. The third-order valence-electron chi connectivity index (χ3n) is 2.73. The summed E-state index contributed by atoms with van der Waals surface area (Å²) in [5, 5.41) is 2.30. The molecule has 1 amide bonds. The van der Waals surface area contributed by atoms with Gasteiger partial charge < -0.3 is 24.3 Å². The van der Waals surface area contributed by atoms with Crippen molar-refractivity contribution in [2.45, 2.75) is 19.4 Å². The normalized spacial score (nSPS) is 12.7. The van der Waals surface area contributed by atoms with Crippen molar-refractivity contribution in [2.75, 3.05) is 34.5 Å². The van der Waals surface area contributed by atoms with Crippen LogP contribution in [0.2, 0.25) is 0 Å². The van der Waals surface area contributed by atoms with E-state index in [9.17, 15) is 19.2 Å². The summed E-state index contributed by atoms with van der Waals surface area (Å²) in [5.74, 6) is -4.36. The predicted molar refractivity (Wildman–Crippen MR) is 72.6 cm³/mol. The van der Waals surface area contributed by atoms with Gasteiger partial charge in [-0.05, 0) is 6.92 Å². The van der Waals surface area contributed by atoms with Gasteiger partial charge in [0.25, 0.3) is 0 Å². The number of rotatable bonds is 9. The molecule has 0 aromatic rings. The van der Waals surface area contributed by atoms with E-state index in [0.717, 1.165) is 21.3 Å². The van der Waals surface area contributed by atoms with Crippen molar-refractivity contribution in [3.63, 3.8) is 0 Å². The topological polar surface area (TPSA) is 117 Å². The highest BCUT2D eigenvalue weighted by atomic mass is 16.5. The Labute approximate surface area is 128 Å². The largest absolute Gasteiger partial charge is 0.469 e. The van der Waals surface area contributed by atoms with Crippen molar-refractivity contribution in [3.8, 4) is 0 Å². The number of hydrogen-bond acceptors (Lipinski definition) is 8. The summed E-state index contributed by atoms with van der Waals surface area (Å²) in [6.07, 6.45) is -0.447. The van der Waals surface area contributed by atoms with Crippen molar-refractivity contribution in [1.29, 1.82) is 0 Å². The van der Waals surface area contributed by atoms with Gasteiger partial charge in [0.2, 0.25) is 5.91 Å². The molecule has 0 fully saturated rings. The van der Waals surface area contributed by atoms with Gasteiger partial charge in [0.1, 0.15) is 12.6 Å². The molecule has 0 bridgehead atoms. The molecule has 0 unspecified atom stereocenters. The first-order valence-electron chi connectivity index (χ1n) is 6.50. The quantitative estimate of drug-likeness (QED) is 0.426. The van der Waals surface area contributed by atoms with Crippen molar-refractivity contribution in [3.05, 3.63) is 0 Å². The van der Waals surface area contributed by atoms with Crippen LogP contribution in [0, 0.1) is 5.92 Å². The highest BCUT2D eigenvalue weighted by Crippen LogP contribution is 2.14. The van der Waals surface area contributed by atoms with Crippen molar-refractivity contribution >= 4 is 23.8 Å². The zero-order valence-electron chi connectivity index (χ0n) is 13.0. The van der Waals surface area contributed by atoms with E-state index in [1.54, 1.807) is 6.92 Å². The highest BCUT2D eigenvalue weighted by molar-refractivity contribution is 5.91. The number of nitrogens with one attached hydrogen (secondary N) is 1. The van der Waals surface area contributed by atoms with Crippen LogP contribution >= 0.6 is 0 Å². The van der Waals surface area contributed by atoms with E-state index < -0.39 is 42.2 Å². The van der Waals surface area contributed by atoms with E-state index >= 15 is 0 Å². The lowest BCUT2D eigenvalue weighted by Crippen LogP contribution is -2.51. The average Bonchev–Trinajstić information content (AvgIpc) is 2.54. The molecule has 22 heavy (non-hydrogen) atoms. The summed E-state index contributed by atoms with van der Waals surface area (Å²) in [7, 11) is 3.33. The second kappa shape index (κ2) is 10.6. The Balaban J connectivity index is 5.20. The number of carbonyl (C=O) groups excluding carboxylic acids is 4. The Bertz CT molecular complexity index is 409. The smallest absolute Gasteiger partial charge is 0.329 e. The Morgan fingerprint density at radius 1 is 0.955 bits per heavy atom. The number of esters is 3. The zero-order valence-corrected chi connectivity index (χ0v) is 13.0. The molecule has 0 aromatic carbocycles. The molecular formula is C13H21NO8. The van der Waals surface area contributed by atoms with Crippen LogP contribution in [0.1, 0.15) is 13.3 Å². The lowest BCUT2D eigenvalue weighted by Gasteiger charge is -2.23. The Hall–Kier alpha value is -2.16. The van der Waals surface area contributed by atoms with Crippen LogP contribution in [0.4, 0.5) is 0 Å². The number of ether oxygens (including phenoxy) is 4. The molecule has 9 nitrogen and oxygen atoms in total. The van der Waals surface area contributed by atoms with Gasteiger partial charge in [0.15, 0.2) is 0 Å². The average molecular weight is 319 g/mol. The van der Waals surface area contributed by atoms with Crippen molar-refractivity contribution in [2.24, 2.45) is 5.92 Å². The van der Waals surface area contributed by atoms with Gasteiger partial charge in [-0.3, -0.25) is 14.4 Å². The van der Waals surface area contributed by atoms with Gasteiger partial charge in [-0.25, -0.2) is 4.79 Å². The molecule has 0 saturated heterocycles. The summed E-state index contributed by atoms with van der Waals surface area (Å²) in [4.78, 5) is 46.7. The fraction of sp³-hybridized carbons (Fsp3) is 0.692. The van der Waals surface area contributed by atoms with Crippen molar-refractivity contribution in [1.82, 2.24) is 5.32 Å². The van der Waals surface area contributed by atoms with Crippen molar-refractivity contribution < 1.29 is 38.1 Å². The van der Waals surface area contributed by atoms with Crippen LogP contribution in [0.3, 0.4) is 0 Å². The van der Waals surface area contributed by atoms with E-state index in [1.165, 1.54) is 0 Å². The number of methoxy groups -OCH3 is 3. The maximum Gasteiger partial charge on any atom is 0.329 e. The van der Waals surface area contributed by atoms with Gasteiger partial charge in [0, 0.05) is 6.61 Å². The fourth-order valence-corrected chi connectivity index (χ4v) is 1.61. The van der Waals surface area contributed by atoms with Gasteiger partial charge in [-0.2, -0.15) is 0 Å². The van der Waals surface area contributed by atoms with E-state index in [-0.39, 0.29) is 6.61 Å². The van der Waals surface area contributed by atoms with Crippen LogP contribution < -0.4 is 5.32 Å². The van der Waals surface area contributed by atoms with Gasteiger partial charge >= 0.3 is 17.9 Å². The first-order chi connectivity index (χ1) is 10.4. The highest BCUT2D eigenvalue weighted by Gasteiger charge is 2.38. The fourth-order valence-electron chi connectivity index (χ4n) is 1.61. The molecule has 2 atom stereocenters. The molecule has 0 radical (unpaired) electrons. The van der Waals surface area contributed by atoms with Gasteiger partial charge in [0.05, 0.1) is 33.7 Å². The molecule has 0 saturated carbocycles. The summed E-state index contributed by atoms with van der Waals surface area (Å²) >= 11 is 0. The van der Waals surface area contributed by atoms with Gasteiger partial charge in [-0.1, -0.05) is 0 Å². The molecular weight excluding hydrogens is 298 g/mol. The first-order valence-corrected chi connectivity index (χ1v) is 6.50. The molecule has 126 valence electrons.